The third kappa shape index (κ3) is 12.9. The van der Waals surface area contributed by atoms with Crippen LogP contribution in [0.15, 0.2) is 72.8 Å². The molecule has 0 spiro atoms. The van der Waals surface area contributed by atoms with Crippen molar-refractivity contribution in [3.8, 4) is 11.5 Å². The lowest BCUT2D eigenvalue weighted by atomic mass is 9.85. The Morgan fingerprint density at radius 1 is 0.632 bits per heavy atom. The summed E-state index contributed by atoms with van der Waals surface area (Å²) in [7, 11) is 7.79. The Morgan fingerprint density at radius 2 is 1.07 bits per heavy atom. The van der Waals surface area contributed by atoms with Crippen LogP contribution in [0.5, 0.6) is 11.5 Å². The zero-order valence-electron chi connectivity index (χ0n) is 35.1. The van der Waals surface area contributed by atoms with Crippen LogP contribution in [0.4, 0.5) is 0 Å². The Hall–Kier alpha value is -5.23. The maximum absolute atomic E-state index is 14.6. The molecule has 2 N–H and O–H groups in total. The third-order valence-corrected chi connectivity index (χ3v) is 10.8. The number of ether oxygens (including phenoxy) is 2. The summed E-state index contributed by atoms with van der Waals surface area (Å²) in [5.74, 6) is -4.05. The molecule has 0 bridgehead atoms. The van der Waals surface area contributed by atoms with Crippen molar-refractivity contribution < 1.29 is 43.7 Å². The second-order valence-electron chi connectivity index (χ2n) is 15.6. The van der Waals surface area contributed by atoms with Gasteiger partial charge >= 0.3 is 11.9 Å². The molecule has 3 rings (SSSR count). The average molecular weight is 788 g/mol. The van der Waals surface area contributed by atoms with Crippen LogP contribution in [0.2, 0.25) is 0 Å². The molecular weight excluding hydrogens is 727 g/mol. The maximum Gasteiger partial charge on any atom is 0.328 e. The van der Waals surface area contributed by atoms with Gasteiger partial charge in [0.1, 0.15) is 29.6 Å². The molecule has 3 aromatic carbocycles. The molecule has 57 heavy (non-hydrogen) atoms. The molecule has 6 atom stereocenters. The molecule has 12 nitrogen and oxygen atoms in total. The number of nitrogens with zero attached hydrogens (tertiary/aromatic N) is 3. The van der Waals surface area contributed by atoms with E-state index in [0.717, 1.165) is 11.1 Å². The van der Waals surface area contributed by atoms with Crippen molar-refractivity contribution in [2.24, 2.45) is 17.8 Å². The number of phenolic OH excluding ortho intramolecular Hbond substituents is 2. The maximum atomic E-state index is 14.6. The molecule has 0 saturated carbocycles. The van der Waals surface area contributed by atoms with E-state index in [1.165, 1.54) is 55.3 Å². The highest BCUT2D eigenvalue weighted by molar-refractivity contribution is 5.94. The van der Waals surface area contributed by atoms with Gasteiger partial charge < -0.3 is 29.5 Å². The van der Waals surface area contributed by atoms with Crippen LogP contribution in [0, 0.1) is 24.7 Å². The van der Waals surface area contributed by atoms with Crippen LogP contribution >= 0.6 is 0 Å². The van der Waals surface area contributed by atoms with Crippen LogP contribution in [0.25, 0.3) is 0 Å². The van der Waals surface area contributed by atoms with E-state index in [1.807, 2.05) is 58.9 Å². The van der Waals surface area contributed by atoms with E-state index >= 15 is 0 Å². The van der Waals surface area contributed by atoms with Crippen LogP contribution in [-0.4, -0.2) is 114 Å². The number of benzene rings is 3. The number of aryl methyl sites for hydroxylation is 1. The van der Waals surface area contributed by atoms with E-state index in [4.69, 9.17) is 9.47 Å². The summed E-state index contributed by atoms with van der Waals surface area (Å²) < 4.78 is 11.1. The first kappa shape index (κ1) is 46.2. The molecular formula is C45H61N3O9. The number of aromatic hydroxyl groups is 2. The SMILES string of the molecule is CC[C@H](C)[C@@H](OC(=O)[C@H](Cc1ccc(C)cc1)N(C)C)C(=O)C[C@H](C(=O)N(C)[C@@H](Cc1ccc(O)cc1)C(=O)N(C)[C@@H](Cc1ccc(O)cc1)C(=O)OC)C(C)C. The lowest BCUT2D eigenvalue weighted by Gasteiger charge is -2.36. The zero-order chi connectivity index (χ0) is 42.6. The quantitative estimate of drug-likeness (QED) is 0.143. The van der Waals surface area contributed by atoms with E-state index in [-0.39, 0.29) is 48.4 Å². The second kappa shape index (κ2) is 21.3. The van der Waals surface area contributed by atoms with Crippen LogP contribution in [0.1, 0.15) is 62.8 Å². The molecule has 0 saturated heterocycles. The van der Waals surface area contributed by atoms with Crippen LogP contribution < -0.4 is 0 Å². The summed E-state index contributed by atoms with van der Waals surface area (Å²) in [5.41, 5.74) is 3.37. The normalized spacial score (nSPS) is 14.5. The highest BCUT2D eigenvalue weighted by atomic mass is 16.5. The molecule has 12 heteroatoms. The number of methoxy groups -OCH3 is 1. The molecule has 0 aliphatic rings. The molecule has 310 valence electrons. The summed E-state index contributed by atoms with van der Waals surface area (Å²) >= 11 is 0. The Labute approximate surface area is 337 Å². The first-order chi connectivity index (χ1) is 26.9. The van der Waals surface area contributed by atoms with Gasteiger partial charge in [-0.25, -0.2) is 4.79 Å². The smallest absolute Gasteiger partial charge is 0.328 e. The largest absolute Gasteiger partial charge is 0.508 e. The van der Waals surface area contributed by atoms with E-state index in [2.05, 4.69) is 0 Å². The standard InChI is InChI=1S/C45H61N3O9/c1-11-30(5)41(57-45(55)38(46(6)7)25-31-14-12-29(4)13-15-31)40(51)27-36(28(2)3)42(52)47(8)37(24-32-16-20-34(49)21-17-32)43(53)48(9)39(44(54)56-10)26-33-18-22-35(50)23-19-33/h12-23,28,30,36-39,41,49-50H,11,24-27H2,1-10H3/t30-,36-,37-,38-,39-,41+/m0/s1. The molecule has 0 radical (unpaired) electrons. The van der Waals surface area contributed by atoms with Gasteiger partial charge in [-0.05, 0) is 80.7 Å². The number of hydrogen-bond acceptors (Lipinski definition) is 10. The van der Waals surface area contributed by atoms with Gasteiger partial charge in [-0.1, -0.05) is 81.8 Å². The molecule has 0 aliphatic heterocycles. The number of rotatable bonds is 20. The van der Waals surface area contributed by atoms with Gasteiger partial charge in [0.2, 0.25) is 11.8 Å². The summed E-state index contributed by atoms with van der Waals surface area (Å²) in [6.07, 6.45) is -0.259. The van der Waals surface area contributed by atoms with Crippen molar-refractivity contribution in [3.63, 3.8) is 0 Å². The van der Waals surface area contributed by atoms with E-state index < -0.39 is 53.9 Å². The van der Waals surface area contributed by atoms with Gasteiger partial charge in [0.25, 0.3) is 0 Å². The summed E-state index contributed by atoms with van der Waals surface area (Å²) in [6, 6.07) is 17.6. The van der Waals surface area contributed by atoms with Crippen molar-refractivity contribution >= 4 is 29.5 Å². The Bertz CT molecular complexity index is 1790. The number of amides is 2. The summed E-state index contributed by atoms with van der Waals surface area (Å²) in [5, 5.41) is 19.7. The van der Waals surface area contributed by atoms with Gasteiger partial charge in [0.15, 0.2) is 11.9 Å². The monoisotopic (exact) mass is 787 g/mol. The zero-order valence-corrected chi connectivity index (χ0v) is 35.1. The Morgan fingerprint density at radius 3 is 1.51 bits per heavy atom. The first-order valence-electron chi connectivity index (χ1n) is 19.5. The Balaban J connectivity index is 1.93. The topological polar surface area (TPSA) is 154 Å². The number of Topliss-reactive ketones (excluding diaryl/α,β-unsaturated/α-hetero) is 1. The number of ketones is 1. The molecule has 0 aromatic heterocycles. The van der Waals surface area contributed by atoms with Crippen molar-refractivity contribution in [2.75, 3.05) is 35.3 Å². The lowest BCUT2D eigenvalue weighted by Crippen LogP contribution is -2.55. The Kier molecular flexibility index (Phi) is 17.3. The van der Waals surface area contributed by atoms with Crippen molar-refractivity contribution in [3.05, 3.63) is 95.1 Å². The minimum absolute atomic E-state index is 0.0322. The van der Waals surface area contributed by atoms with E-state index in [1.54, 1.807) is 43.3 Å². The first-order valence-corrected chi connectivity index (χ1v) is 19.5. The average Bonchev–Trinajstić information content (AvgIpc) is 3.19. The van der Waals surface area contributed by atoms with Gasteiger partial charge in [-0.3, -0.25) is 24.1 Å². The minimum atomic E-state index is -1.12. The van der Waals surface area contributed by atoms with Gasteiger partial charge in [0.05, 0.1) is 7.11 Å². The predicted molar refractivity (Wildman–Crippen MR) is 218 cm³/mol. The molecule has 0 heterocycles. The molecule has 0 unspecified atom stereocenters. The fraction of sp³-hybridized carbons (Fsp3) is 0.489. The highest BCUT2D eigenvalue weighted by Crippen LogP contribution is 2.27. The van der Waals surface area contributed by atoms with Crippen LogP contribution in [0.3, 0.4) is 0 Å². The predicted octanol–water partition coefficient (Wildman–Crippen LogP) is 5.38. The molecule has 2 amide bonds. The summed E-state index contributed by atoms with van der Waals surface area (Å²) in [4.78, 5) is 74.5. The van der Waals surface area contributed by atoms with Gasteiger partial charge in [-0.2, -0.15) is 0 Å². The molecule has 3 aromatic rings. The number of esters is 2. The number of carbonyl (C=O) groups excluding carboxylic acids is 5. The number of phenols is 2. The number of hydrogen-bond donors (Lipinski definition) is 2. The van der Waals surface area contributed by atoms with Gasteiger partial charge in [-0.15, -0.1) is 0 Å². The van der Waals surface area contributed by atoms with E-state index in [0.29, 0.717) is 24.0 Å². The highest BCUT2D eigenvalue weighted by Gasteiger charge is 2.40. The fourth-order valence-corrected chi connectivity index (χ4v) is 6.70. The number of carbonyl (C=O) groups is 5. The van der Waals surface area contributed by atoms with Crippen molar-refractivity contribution in [1.29, 1.82) is 0 Å². The number of likely N-dealkylation sites (N-methyl/N-ethyl adjacent to an activating group) is 3. The third-order valence-electron chi connectivity index (χ3n) is 10.8. The fourth-order valence-electron chi connectivity index (χ4n) is 6.70. The van der Waals surface area contributed by atoms with E-state index in [9.17, 15) is 34.2 Å². The summed E-state index contributed by atoms with van der Waals surface area (Å²) in [6.45, 7) is 9.39. The van der Waals surface area contributed by atoms with Crippen molar-refractivity contribution in [2.45, 2.75) is 91.0 Å². The molecule has 0 fully saturated rings. The second-order valence-corrected chi connectivity index (χ2v) is 15.6. The lowest BCUT2D eigenvalue weighted by molar-refractivity contribution is -0.163. The van der Waals surface area contributed by atoms with Crippen molar-refractivity contribution in [1.82, 2.24) is 14.7 Å². The molecule has 0 aliphatic carbocycles. The van der Waals surface area contributed by atoms with Crippen LogP contribution in [-0.2, 0) is 52.7 Å². The minimum Gasteiger partial charge on any atom is -0.508 e. The van der Waals surface area contributed by atoms with Gasteiger partial charge in [0, 0.05) is 45.2 Å².